The molecule has 0 aliphatic carbocycles. The van der Waals surface area contributed by atoms with Crippen LogP contribution in [0, 0.1) is 0 Å². The lowest BCUT2D eigenvalue weighted by molar-refractivity contribution is -0.113. The number of amides is 1. The number of nitrogens with zero attached hydrogens (tertiary/aromatic N) is 1. The predicted molar refractivity (Wildman–Crippen MR) is 72.7 cm³/mol. The molecule has 0 spiro atoms. The average molecular weight is 288 g/mol. The maximum absolute atomic E-state index is 11.5. The highest BCUT2D eigenvalue weighted by molar-refractivity contribution is 7.99. The van der Waals surface area contributed by atoms with Gasteiger partial charge in [0.05, 0.1) is 16.3 Å². The number of nitrogens with one attached hydrogen (secondary N) is 2. The van der Waals surface area contributed by atoms with Crippen molar-refractivity contribution in [2.24, 2.45) is 0 Å². The summed E-state index contributed by atoms with van der Waals surface area (Å²) in [6.07, 6.45) is 1.59. The van der Waals surface area contributed by atoms with Crippen molar-refractivity contribution in [2.75, 3.05) is 11.1 Å². The molecule has 2 rings (SSSR count). The van der Waals surface area contributed by atoms with E-state index < -0.39 is 0 Å². The first-order valence-electron chi connectivity index (χ1n) is 4.85. The summed E-state index contributed by atoms with van der Waals surface area (Å²) in [6, 6.07) is 5.56. The molecule has 2 aromatic heterocycles. The summed E-state index contributed by atoms with van der Waals surface area (Å²) in [5.41, 5.74) is 0. The van der Waals surface area contributed by atoms with Crippen LogP contribution in [-0.2, 0) is 10.5 Å². The number of rotatable bonds is 5. The first-order valence-corrected chi connectivity index (χ1v) is 7.20. The van der Waals surface area contributed by atoms with Crippen LogP contribution in [0.25, 0.3) is 0 Å². The molecular weight excluding hydrogens is 278 g/mol. The van der Waals surface area contributed by atoms with Crippen LogP contribution in [0.4, 0.5) is 5.82 Å². The van der Waals surface area contributed by atoms with Gasteiger partial charge in [-0.3, -0.25) is 9.89 Å². The quantitative estimate of drug-likeness (QED) is 0.889. The lowest BCUT2D eigenvalue weighted by atomic mass is 10.5. The Morgan fingerprint density at radius 1 is 1.53 bits per heavy atom. The summed E-state index contributed by atoms with van der Waals surface area (Å²) in [7, 11) is 0. The summed E-state index contributed by atoms with van der Waals surface area (Å²) in [4.78, 5) is 12.7. The van der Waals surface area contributed by atoms with Crippen LogP contribution in [0.15, 0.2) is 24.4 Å². The lowest BCUT2D eigenvalue weighted by Crippen LogP contribution is -2.14. The molecule has 0 atom stereocenters. The van der Waals surface area contributed by atoms with Gasteiger partial charge < -0.3 is 5.32 Å². The highest BCUT2D eigenvalue weighted by atomic mass is 35.5. The summed E-state index contributed by atoms with van der Waals surface area (Å²) in [6.45, 7) is 0. The fourth-order valence-corrected chi connectivity index (χ4v) is 3.21. The number of carbonyl (C=O) groups excluding carboxylic acids is 1. The standard InChI is InChI=1S/C10H10ClN3OS2/c11-8-2-1-7(17-8)5-16-6-10(15)13-9-3-4-12-14-9/h1-4H,5-6H2,(H2,12,13,14,15). The number of thioether (sulfide) groups is 1. The molecule has 0 aliphatic heterocycles. The molecule has 0 radical (unpaired) electrons. The lowest BCUT2D eigenvalue weighted by Gasteiger charge is -2.01. The van der Waals surface area contributed by atoms with Gasteiger partial charge in [0.2, 0.25) is 5.91 Å². The van der Waals surface area contributed by atoms with Crippen LogP contribution >= 0.6 is 34.7 Å². The van der Waals surface area contributed by atoms with E-state index in [1.165, 1.54) is 4.88 Å². The van der Waals surface area contributed by atoms with E-state index in [2.05, 4.69) is 15.5 Å². The van der Waals surface area contributed by atoms with Crippen LogP contribution < -0.4 is 5.32 Å². The molecule has 0 fully saturated rings. The van der Waals surface area contributed by atoms with Gasteiger partial charge in [0.25, 0.3) is 0 Å². The maximum atomic E-state index is 11.5. The van der Waals surface area contributed by atoms with Gasteiger partial charge >= 0.3 is 0 Å². The van der Waals surface area contributed by atoms with E-state index in [9.17, 15) is 4.79 Å². The Morgan fingerprint density at radius 2 is 2.41 bits per heavy atom. The number of carbonyl (C=O) groups is 1. The number of anilines is 1. The maximum Gasteiger partial charge on any atom is 0.235 e. The van der Waals surface area contributed by atoms with E-state index >= 15 is 0 Å². The van der Waals surface area contributed by atoms with Gasteiger partial charge in [0.15, 0.2) is 0 Å². The first-order chi connectivity index (χ1) is 8.24. The number of halogens is 1. The number of hydrogen-bond donors (Lipinski definition) is 2. The Kier molecular flexibility index (Phi) is 4.47. The van der Waals surface area contributed by atoms with E-state index in [-0.39, 0.29) is 5.91 Å². The van der Waals surface area contributed by atoms with Crippen molar-refractivity contribution in [2.45, 2.75) is 5.75 Å². The molecule has 2 aromatic rings. The Bertz CT molecular complexity index is 483. The van der Waals surface area contributed by atoms with Crippen molar-refractivity contribution in [3.63, 3.8) is 0 Å². The van der Waals surface area contributed by atoms with Gasteiger partial charge in [0, 0.05) is 16.7 Å². The molecule has 2 N–H and O–H groups in total. The average Bonchev–Trinajstić information content (AvgIpc) is 2.90. The molecule has 0 aliphatic rings. The van der Waals surface area contributed by atoms with Crippen LogP contribution in [-0.4, -0.2) is 21.9 Å². The second-order valence-electron chi connectivity index (χ2n) is 3.22. The number of H-pyrrole nitrogens is 1. The minimum Gasteiger partial charge on any atom is -0.310 e. The fraction of sp³-hybridized carbons (Fsp3) is 0.200. The number of thiophene rings is 1. The van der Waals surface area contributed by atoms with Gasteiger partial charge in [-0.25, -0.2) is 0 Å². The van der Waals surface area contributed by atoms with Gasteiger partial charge in [-0.1, -0.05) is 11.6 Å². The molecule has 90 valence electrons. The molecule has 0 bridgehead atoms. The third-order valence-corrected chi connectivity index (χ3v) is 4.28. The van der Waals surface area contributed by atoms with Gasteiger partial charge in [0.1, 0.15) is 5.82 Å². The van der Waals surface area contributed by atoms with Crippen LogP contribution in [0.5, 0.6) is 0 Å². The fourth-order valence-electron chi connectivity index (χ4n) is 1.19. The first kappa shape index (κ1) is 12.5. The van der Waals surface area contributed by atoms with E-state index in [1.54, 1.807) is 35.4 Å². The smallest absolute Gasteiger partial charge is 0.235 e. The minimum absolute atomic E-state index is 0.0399. The van der Waals surface area contributed by atoms with Gasteiger partial charge in [-0.05, 0) is 12.1 Å². The van der Waals surface area contributed by atoms with Crippen molar-refractivity contribution in [1.82, 2.24) is 10.2 Å². The summed E-state index contributed by atoms with van der Waals surface area (Å²) < 4.78 is 0.780. The summed E-state index contributed by atoms with van der Waals surface area (Å²) in [5.74, 6) is 1.79. The monoisotopic (exact) mass is 287 g/mol. The topological polar surface area (TPSA) is 57.8 Å². The second kappa shape index (κ2) is 6.09. The predicted octanol–water partition coefficient (Wildman–Crippen LogP) is 3.00. The molecule has 4 nitrogen and oxygen atoms in total. The molecule has 0 aromatic carbocycles. The Labute approximate surface area is 112 Å². The molecular formula is C10H10ClN3OS2. The van der Waals surface area contributed by atoms with Crippen LogP contribution in [0.3, 0.4) is 0 Å². The van der Waals surface area contributed by atoms with Crippen LogP contribution in [0.1, 0.15) is 4.88 Å². The SMILES string of the molecule is O=C(CSCc1ccc(Cl)s1)Nc1ccn[nH]1. The van der Waals surface area contributed by atoms with Crippen molar-refractivity contribution >= 4 is 46.4 Å². The Balaban J connectivity index is 1.70. The zero-order valence-electron chi connectivity index (χ0n) is 8.77. The molecule has 0 saturated heterocycles. The molecule has 17 heavy (non-hydrogen) atoms. The highest BCUT2D eigenvalue weighted by Crippen LogP contribution is 2.25. The zero-order chi connectivity index (χ0) is 12.1. The van der Waals surface area contributed by atoms with Crippen molar-refractivity contribution in [3.05, 3.63) is 33.6 Å². The largest absolute Gasteiger partial charge is 0.310 e. The molecule has 1 amide bonds. The van der Waals surface area contributed by atoms with E-state index in [1.807, 2.05) is 12.1 Å². The normalized spacial score (nSPS) is 10.4. The van der Waals surface area contributed by atoms with Crippen molar-refractivity contribution < 1.29 is 4.79 Å². The second-order valence-corrected chi connectivity index (χ2v) is 6.00. The van der Waals surface area contributed by atoms with Gasteiger partial charge in [-0.2, -0.15) is 5.10 Å². The highest BCUT2D eigenvalue weighted by Gasteiger charge is 2.04. The third kappa shape index (κ3) is 4.07. The zero-order valence-corrected chi connectivity index (χ0v) is 11.2. The Morgan fingerprint density at radius 3 is 3.06 bits per heavy atom. The number of hydrogen-bond acceptors (Lipinski definition) is 4. The van der Waals surface area contributed by atoms with Crippen molar-refractivity contribution in [1.29, 1.82) is 0 Å². The van der Waals surface area contributed by atoms with Crippen molar-refractivity contribution in [3.8, 4) is 0 Å². The molecule has 0 unspecified atom stereocenters. The number of aromatic amines is 1. The third-order valence-electron chi connectivity index (χ3n) is 1.88. The molecule has 7 heteroatoms. The summed E-state index contributed by atoms with van der Waals surface area (Å²) >= 11 is 8.91. The Hall–Kier alpha value is -0.980. The molecule has 2 heterocycles. The minimum atomic E-state index is -0.0399. The van der Waals surface area contributed by atoms with E-state index in [0.29, 0.717) is 11.6 Å². The van der Waals surface area contributed by atoms with E-state index in [4.69, 9.17) is 11.6 Å². The number of aromatic nitrogens is 2. The molecule has 0 saturated carbocycles. The van der Waals surface area contributed by atoms with E-state index in [0.717, 1.165) is 10.1 Å². The van der Waals surface area contributed by atoms with Crippen LogP contribution in [0.2, 0.25) is 4.34 Å². The van der Waals surface area contributed by atoms with Gasteiger partial charge in [-0.15, -0.1) is 23.1 Å². The summed E-state index contributed by atoms with van der Waals surface area (Å²) in [5, 5.41) is 9.13.